The Hall–Kier alpha value is -2.54. The van der Waals surface area contributed by atoms with Crippen molar-refractivity contribution in [3.8, 4) is 5.75 Å². The zero-order chi connectivity index (χ0) is 19.2. The second kappa shape index (κ2) is 9.10. The van der Waals surface area contributed by atoms with Crippen LogP contribution < -0.4 is 10.1 Å². The highest BCUT2D eigenvalue weighted by atomic mass is 16.7. The molecule has 0 atom stereocenters. The Morgan fingerprint density at radius 3 is 2.75 bits per heavy atom. The van der Waals surface area contributed by atoms with Gasteiger partial charge in [0.1, 0.15) is 5.75 Å². The lowest BCUT2D eigenvalue weighted by Gasteiger charge is -2.30. The van der Waals surface area contributed by atoms with Crippen LogP contribution in [0.5, 0.6) is 5.75 Å². The highest BCUT2D eigenvalue weighted by Gasteiger charge is 2.22. The van der Waals surface area contributed by atoms with Gasteiger partial charge in [-0.05, 0) is 48.4 Å². The normalized spacial score (nSPS) is 19.6. The monoisotopic (exact) mass is 379 g/mol. The average molecular weight is 379 g/mol. The number of nitrogens with one attached hydrogen (secondary N) is 1. The molecule has 6 nitrogen and oxygen atoms in total. The maximum absolute atomic E-state index is 5.91. The molecule has 146 valence electrons. The van der Waals surface area contributed by atoms with Crippen LogP contribution in [-0.2, 0) is 22.4 Å². The van der Waals surface area contributed by atoms with Gasteiger partial charge in [0, 0.05) is 30.7 Å². The fourth-order valence-electron chi connectivity index (χ4n) is 3.38. The third-order valence-corrected chi connectivity index (χ3v) is 4.95. The first-order chi connectivity index (χ1) is 13.8. The number of rotatable bonds is 7. The van der Waals surface area contributed by atoms with Gasteiger partial charge in [-0.3, -0.25) is 9.97 Å². The topological polar surface area (TPSA) is 65.5 Å². The Labute approximate surface area is 164 Å². The van der Waals surface area contributed by atoms with Crippen LogP contribution in [0.3, 0.4) is 0 Å². The maximum Gasteiger partial charge on any atom is 0.158 e. The van der Waals surface area contributed by atoms with Gasteiger partial charge in [-0.25, -0.2) is 0 Å². The summed E-state index contributed by atoms with van der Waals surface area (Å²) in [6, 6.07) is 14.1. The lowest BCUT2D eigenvalue weighted by atomic mass is 10.0. The standard InChI is InChI=1S/C22H25N3O3/c1-26-19-6-7-21-20(12-19)16(9-11-24-21)5-8-22-27-14-18(15-28-22)25-13-17-4-2-3-10-23-17/h2-4,6-7,9-12,18,22,25H,5,8,13-15H2,1H3. The first-order valence-corrected chi connectivity index (χ1v) is 9.60. The number of nitrogens with zero attached hydrogens (tertiary/aromatic N) is 2. The van der Waals surface area contributed by atoms with Gasteiger partial charge >= 0.3 is 0 Å². The predicted octanol–water partition coefficient (Wildman–Crippen LogP) is 3.10. The Bertz CT molecular complexity index is 896. The molecule has 1 saturated heterocycles. The van der Waals surface area contributed by atoms with Crippen LogP contribution in [-0.4, -0.2) is 42.6 Å². The van der Waals surface area contributed by atoms with Crippen LogP contribution in [0.1, 0.15) is 17.7 Å². The van der Waals surface area contributed by atoms with Crippen molar-refractivity contribution in [3.63, 3.8) is 0 Å². The molecule has 1 aliphatic rings. The van der Waals surface area contributed by atoms with Crippen LogP contribution in [0.2, 0.25) is 0 Å². The molecule has 2 aromatic heterocycles. The summed E-state index contributed by atoms with van der Waals surface area (Å²) in [7, 11) is 1.68. The molecule has 0 amide bonds. The zero-order valence-electron chi connectivity index (χ0n) is 16.0. The molecule has 0 bridgehead atoms. The van der Waals surface area contributed by atoms with Gasteiger partial charge in [0.2, 0.25) is 0 Å². The van der Waals surface area contributed by atoms with Gasteiger partial charge in [0.05, 0.1) is 37.6 Å². The SMILES string of the molecule is COc1ccc2nccc(CCC3OCC(NCc4ccccn4)CO3)c2c1. The molecule has 0 aliphatic carbocycles. The number of fused-ring (bicyclic) bond motifs is 1. The molecular formula is C22H25N3O3. The van der Waals surface area contributed by atoms with Crippen molar-refractivity contribution < 1.29 is 14.2 Å². The van der Waals surface area contributed by atoms with Crippen molar-refractivity contribution in [2.24, 2.45) is 0 Å². The number of benzene rings is 1. The lowest BCUT2D eigenvalue weighted by Crippen LogP contribution is -2.44. The molecule has 0 radical (unpaired) electrons. The zero-order valence-corrected chi connectivity index (χ0v) is 16.0. The molecule has 1 aromatic carbocycles. The van der Waals surface area contributed by atoms with E-state index in [9.17, 15) is 0 Å². The fraction of sp³-hybridized carbons (Fsp3) is 0.364. The van der Waals surface area contributed by atoms with E-state index in [1.165, 1.54) is 5.56 Å². The number of aryl methyl sites for hydroxylation is 1. The predicted molar refractivity (Wildman–Crippen MR) is 107 cm³/mol. The quantitative estimate of drug-likeness (QED) is 0.681. The molecule has 1 N–H and O–H groups in total. The number of aromatic nitrogens is 2. The molecule has 3 heterocycles. The summed E-state index contributed by atoms with van der Waals surface area (Å²) < 4.78 is 17.2. The molecule has 1 fully saturated rings. The lowest BCUT2D eigenvalue weighted by molar-refractivity contribution is -0.192. The molecule has 0 spiro atoms. The van der Waals surface area contributed by atoms with E-state index in [2.05, 4.69) is 21.4 Å². The van der Waals surface area contributed by atoms with Crippen molar-refractivity contribution in [2.45, 2.75) is 31.7 Å². The average Bonchev–Trinajstić information content (AvgIpc) is 2.77. The second-order valence-electron chi connectivity index (χ2n) is 6.89. The third kappa shape index (κ3) is 4.65. The van der Waals surface area contributed by atoms with E-state index < -0.39 is 0 Å². The van der Waals surface area contributed by atoms with E-state index in [4.69, 9.17) is 14.2 Å². The third-order valence-electron chi connectivity index (χ3n) is 4.95. The first kappa shape index (κ1) is 18.8. The Kier molecular flexibility index (Phi) is 6.11. The van der Waals surface area contributed by atoms with Crippen LogP contribution in [0, 0.1) is 0 Å². The van der Waals surface area contributed by atoms with Crippen LogP contribution in [0.4, 0.5) is 0 Å². The number of pyridine rings is 2. The highest BCUT2D eigenvalue weighted by Crippen LogP contribution is 2.24. The van der Waals surface area contributed by atoms with Gasteiger partial charge in [-0.15, -0.1) is 0 Å². The van der Waals surface area contributed by atoms with Crippen molar-refractivity contribution >= 4 is 10.9 Å². The van der Waals surface area contributed by atoms with Crippen molar-refractivity contribution in [3.05, 3.63) is 66.1 Å². The molecule has 4 rings (SSSR count). The van der Waals surface area contributed by atoms with Gasteiger partial charge in [-0.2, -0.15) is 0 Å². The minimum Gasteiger partial charge on any atom is -0.497 e. The number of methoxy groups -OCH3 is 1. The van der Waals surface area contributed by atoms with Gasteiger partial charge in [0.25, 0.3) is 0 Å². The number of hydrogen-bond acceptors (Lipinski definition) is 6. The van der Waals surface area contributed by atoms with Crippen molar-refractivity contribution in [1.29, 1.82) is 0 Å². The number of ether oxygens (including phenoxy) is 3. The van der Waals surface area contributed by atoms with Crippen molar-refractivity contribution in [2.75, 3.05) is 20.3 Å². The molecular weight excluding hydrogens is 354 g/mol. The summed E-state index contributed by atoms with van der Waals surface area (Å²) in [5, 5.41) is 4.55. The summed E-state index contributed by atoms with van der Waals surface area (Å²) in [4.78, 5) is 8.76. The Morgan fingerprint density at radius 1 is 1.07 bits per heavy atom. The Morgan fingerprint density at radius 2 is 1.96 bits per heavy atom. The summed E-state index contributed by atoms with van der Waals surface area (Å²) in [6.45, 7) is 2.00. The van der Waals surface area contributed by atoms with Gasteiger partial charge in [0.15, 0.2) is 6.29 Å². The van der Waals surface area contributed by atoms with E-state index in [1.807, 2.05) is 42.6 Å². The maximum atomic E-state index is 5.91. The molecule has 0 saturated carbocycles. The summed E-state index contributed by atoms with van der Waals surface area (Å²) in [5.74, 6) is 0.841. The molecule has 28 heavy (non-hydrogen) atoms. The van der Waals surface area contributed by atoms with Crippen molar-refractivity contribution in [1.82, 2.24) is 15.3 Å². The Balaban J connectivity index is 1.28. The van der Waals surface area contributed by atoms with Gasteiger partial charge in [-0.1, -0.05) is 6.07 Å². The first-order valence-electron chi connectivity index (χ1n) is 9.60. The van der Waals surface area contributed by atoms with Crippen LogP contribution >= 0.6 is 0 Å². The summed E-state index contributed by atoms with van der Waals surface area (Å²) in [5.41, 5.74) is 3.22. The van der Waals surface area contributed by atoms with Gasteiger partial charge < -0.3 is 19.5 Å². The highest BCUT2D eigenvalue weighted by molar-refractivity contribution is 5.83. The molecule has 3 aromatic rings. The largest absolute Gasteiger partial charge is 0.497 e. The van der Waals surface area contributed by atoms with E-state index in [1.54, 1.807) is 13.3 Å². The summed E-state index contributed by atoms with van der Waals surface area (Å²) in [6.07, 6.45) is 5.15. The van der Waals surface area contributed by atoms with E-state index in [-0.39, 0.29) is 12.3 Å². The number of hydrogen-bond donors (Lipinski definition) is 1. The second-order valence-corrected chi connectivity index (χ2v) is 6.89. The molecule has 1 aliphatic heterocycles. The van der Waals surface area contributed by atoms with E-state index in [0.717, 1.165) is 35.2 Å². The minimum absolute atomic E-state index is 0.179. The molecule has 6 heteroatoms. The fourth-order valence-corrected chi connectivity index (χ4v) is 3.38. The van der Waals surface area contributed by atoms with E-state index >= 15 is 0 Å². The minimum atomic E-state index is -0.179. The molecule has 0 unspecified atom stereocenters. The van der Waals surface area contributed by atoms with Crippen LogP contribution in [0.15, 0.2) is 54.9 Å². The summed E-state index contributed by atoms with van der Waals surface area (Å²) >= 11 is 0. The van der Waals surface area contributed by atoms with Crippen LogP contribution in [0.25, 0.3) is 10.9 Å². The smallest absolute Gasteiger partial charge is 0.158 e. The van der Waals surface area contributed by atoms with E-state index in [0.29, 0.717) is 19.8 Å².